The molecular weight excluding hydrogens is 520 g/mol. The van der Waals surface area contributed by atoms with Gasteiger partial charge in [0.05, 0.1) is 0 Å². The summed E-state index contributed by atoms with van der Waals surface area (Å²) in [6.45, 7) is 0. The molecular formula is C22H12Br2S3. The molecule has 0 fully saturated rings. The lowest BCUT2D eigenvalue weighted by atomic mass is 10.1. The van der Waals surface area contributed by atoms with Crippen molar-refractivity contribution in [1.82, 2.24) is 0 Å². The second kappa shape index (κ2) is 6.46. The van der Waals surface area contributed by atoms with Crippen LogP contribution in [0.15, 0.2) is 65.0 Å². The molecule has 27 heavy (non-hydrogen) atoms. The molecule has 0 atom stereocenters. The van der Waals surface area contributed by atoms with Crippen LogP contribution < -0.4 is 20.9 Å². The van der Waals surface area contributed by atoms with E-state index in [-0.39, 0.29) is 0 Å². The van der Waals surface area contributed by atoms with E-state index in [0.29, 0.717) is 0 Å². The summed E-state index contributed by atoms with van der Waals surface area (Å²) in [6.07, 6.45) is 4.67. The Labute approximate surface area is 186 Å². The van der Waals surface area contributed by atoms with Crippen LogP contribution in [0.2, 0.25) is 0 Å². The van der Waals surface area contributed by atoms with Gasteiger partial charge in [-0.05, 0) is 80.0 Å². The lowest BCUT2D eigenvalue weighted by Crippen LogP contribution is -2.28. The van der Waals surface area contributed by atoms with Gasteiger partial charge in [-0.15, -0.1) is 23.5 Å². The maximum absolute atomic E-state index is 3.73. The van der Waals surface area contributed by atoms with Crippen LogP contribution in [0.25, 0.3) is 23.3 Å². The van der Waals surface area contributed by atoms with Gasteiger partial charge in [-0.3, -0.25) is 0 Å². The second-order valence-corrected chi connectivity index (χ2v) is 11.5. The lowest BCUT2D eigenvalue weighted by molar-refractivity contribution is 1.27. The summed E-state index contributed by atoms with van der Waals surface area (Å²) < 4.78 is 2.30. The molecule has 0 amide bonds. The van der Waals surface area contributed by atoms with Crippen molar-refractivity contribution in [3.05, 3.63) is 76.0 Å². The molecule has 2 aliphatic carbocycles. The van der Waals surface area contributed by atoms with Gasteiger partial charge in [-0.2, -0.15) is 0 Å². The Morgan fingerprint density at radius 2 is 1.19 bits per heavy atom. The summed E-state index contributed by atoms with van der Waals surface area (Å²) in [4.78, 5) is 2.70. The zero-order chi connectivity index (χ0) is 18.1. The molecule has 2 heterocycles. The Bertz CT molecular complexity index is 1260. The summed E-state index contributed by atoms with van der Waals surface area (Å²) in [5, 5.41) is 10.1. The van der Waals surface area contributed by atoms with Crippen LogP contribution in [-0.2, 0) is 0 Å². The highest BCUT2D eigenvalue weighted by molar-refractivity contribution is 9.10. The highest BCUT2D eigenvalue weighted by Gasteiger charge is 2.22. The van der Waals surface area contributed by atoms with E-state index in [1.165, 1.54) is 53.0 Å². The number of rotatable bonds is 2. The molecule has 2 aliphatic heterocycles. The average Bonchev–Trinajstić information content (AvgIpc) is 3.32. The fourth-order valence-corrected chi connectivity index (χ4v) is 8.56. The quantitative estimate of drug-likeness (QED) is 0.559. The van der Waals surface area contributed by atoms with E-state index in [9.17, 15) is 0 Å². The first-order valence-electron chi connectivity index (χ1n) is 8.58. The van der Waals surface area contributed by atoms with Crippen molar-refractivity contribution in [3.63, 3.8) is 0 Å². The van der Waals surface area contributed by atoms with Gasteiger partial charge in [0, 0.05) is 40.7 Å². The Balaban J connectivity index is 1.62. The van der Waals surface area contributed by atoms with Crippen LogP contribution in [0.1, 0.15) is 0 Å². The number of allylic oxidation sites excluding steroid dienone is 2. The second-order valence-electron chi connectivity index (χ2n) is 6.85. The molecule has 0 saturated heterocycles. The molecule has 5 heteroatoms. The molecule has 6 rings (SSSR count). The molecule has 2 aromatic carbocycles. The Hall–Kier alpha value is -0.590. The molecule has 0 unspecified atom stereocenters. The lowest BCUT2D eigenvalue weighted by Gasteiger charge is -2.08. The van der Waals surface area contributed by atoms with Crippen LogP contribution in [0.5, 0.6) is 0 Å². The summed E-state index contributed by atoms with van der Waals surface area (Å²) >= 11 is 13.2. The van der Waals surface area contributed by atoms with Gasteiger partial charge in [-0.1, -0.05) is 43.6 Å². The van der Waals surface area contributed by atoms with Crippen molar-refractivity contribution >= 4 is 90.4 Å². The molecule has 0 radical (unpaired) electrons. The van der Waals surface area contributed by atoms with E-state index < -0.39 is 0 Å². The Morgan fingerprint density at radius 3 is 1.67 bits per heavy atom. The summed E-state index contributed by atoms with van der Waals surface area (Å²) in [5.41, 5.74) is 5.78. The number of hydrogen-bond donors (Lipinski definition) is 0. The normalized spacial score (nSPS) is 18.4. The number of thioether (sulfide) groups is 2. The molecule has 0 spiro atoms. The van der Waals surface area contributed by atoms with Crippen molar-refractivity contribution in [3.8, 4) is 0 Å². The first-order valence-corrected chi connectivity index (χ1v) is 13.1. The fraction of sp³-hybridized carbons (Fsp3) is 0.0909. The fourth-order valence-electron chi connectivity index (χ4n) is 4.11. The smallest absolute Gasteiger partial charge is 0.0238 e. The standard InChI is InChI=1S/C22H12Br2S3/c23-15-3-11-1-13-7-25-9-17(13)21(11)19(5-15)27-20-6-16(24)4-12-2-14-8-26-10-18(14)22(12)20/h1-8H,9-10H2. The highest BCUT2D eigenvalue weighted by atomic mass is 79.9. The summed E-state index contributed by atoms with van der Waals surface area (Å²) in [6, 6.07) is 9.07. The SMILES string of the molecule is Brc1cc(Sc2cc(Br)cc3c2=C2CSC=C2C=3)c2c(c1)=CC1=CSCC=21. The maximum atomic E-state index is 3.73. The number of halogens is 2. The van der Waals surface area contributed by atoms with Crippen LogP contribution in [0.4, 0.5) is 0 Å². The molecule has 0 bridgehead atoms. The Kier molecular flexibility index (Phi) is 4.14. The van der Waals surface area contributed by atoms with Crippen LogP contribution in [0, 0.1) is 0 Å². The zero-order valence-electron chi connectivity index (χ0n) is 14.0. The van der Waals surface area contributed by atoms with E-state index in [1.54, 1.807) is 0 Å². The van der Waals surface area contributed by atoms with E-state index in [2.05, 4.69) is 79.1 Å². The van der Waals surface area contributed by atoms with E-state index >= 15 is 0 Å². The number of hydrogen-bond acceptors (Lipinski definition) is 3. The predicted octanol–water partition coefficient (Wildman–Crippen LogP) is 4.51. The van der Waals surface area contributed by atoms with E-state index in [1.807, 2.05) is 35.3 Å². The van der Waals surface area contributed by atoms with Crippen molar-refractivity contribution in [2.75, 3.05) is 11.5 Å². The number of benzene rings is 2. The molecule has 0 N–H and O–H groups in total. The van der Waals surface area contributed by atoms with Crippen LogP contribution in [0.3, 0.4) is 0 Å². The molecule has 0 aromatic heterocycles. The minimum Gasteiger partial charge on any atom is -0.129 e. The van der Waals surface area contributed by atoms with Crippen LogP contribution >= 0.6 is 67.1 Å². The summed E-state index contributed by atoms with van der Waals surface area (Å²) in [7, 11) is 0. The zero-order valence-corrected chi connectivity index (χ0v) is 19.6. The maximum Gasteiger partial charge on any atom is 0.0238 e. The van der Waals surface area contributed by atoms with Crippen molar-refractivity contribution in [2.45, 2.75) is 9.79 Å². The van der Waals surface area contributed by atoms with E-state index in [0.717, 1.165) is 20.5 Å². The monoisotopic (exact) mass is 530 g/mol. The largest absolute Gasteiger partial charge is 0.129 e. The third kappa shape index (κ3) is 2.73. The molecule has 0 nitrogen and oxygen atoms in total. The van der Waals surface area contributed by atoms with Crippen molar-refractivity contribution in [1.29, 1.82) is 0 Å². The minimum atomic E-state index is 1.08. The van der Waals surface area contributed by atoms with Gasteiger partial charge in [0.2, 0.25) is 0 Å². The van der Waals surface area contributed by atoms with E-state index in [4.69, 9.17) is 0 Å². The molecule has 2 aromatic rings. The Morgan fingerprint density at radius 1 is 0.704 bits per heavy atom. The van der Waals surface area contributed by atoms with Gasteiger partial charge in [0.15, 0.2) is 0 Å². The predicted molar refractivity (Wildman–Crippen MR) is 128 cm³/mol. The molecule has 4 aliphatic rings. The molecule has 132 valence electrons. The van der Waals surface area contributed by atoms with Gasteiger partial charge < -0.3 is 0 Å². The van der Waals surface area contributed by atoms with Gasteiger partial charge in [-0.25, -0.2) is 0 Å². The topological polar surface area (TPSA) is 0 Å². The first-order chi connectivity index (χ1) is 13.2. The van der Waals surface area contributed by atoms with Gasteiger partial charge in [0.1, 0.15) is 0 Å². The van der Waals surface area contributed by atoms with Gasteiger partial charge >= 0.3 is 0 Å². The third-order valence-electron chi connectivity index (χ3n) is 5.21. The first kappa shape index (κ1) is 17.3. The highest BCUT2D eigenvalue weighted by Crippen LogP contribution is 2.35. The van der Waals surface area contributed by atoms with Crippen molar-refractivity contribution in [2.24, 2.45) is 0 Å². The average molecular weight is 532 g/mol. The molecule has 0 saturated carbocycles. The number of fused-ring (bicyclic) bond motifs is 4. The van der Waals surface area contributed by atoms with Crippen molar-refractivity contribution < 1.29 is 0 Å². The minimum absolute atomic E-state index is 1.08. The van der Waals surface area contributed by atoms with Gasteiger partial charge in [0.25, 0.3) is 0 Å². The summed E-state index contributed by atoms with van der Waals surface area (Å²) in [5.74, 6) is 2.17. The third-order valence-corrected chi connectivity index (χ3v) is 8.96. The van der Waals surface area contributed by atoms with Crippen LogP contribution in [-0.4, -0.2) is 11.5 Å².